The molecule has 1 heterocycles. The van der Waals surface area contributed by atoms with Crippen molar-refractivity contribution in [3.63, 3.8) is 0 Å². The van der Waals surface area contributed by atoms with Gasteiger partial charge in [-0.15, -0.1) is 0 Å². The fourth-order valence-corrected chi connectivity index (χ4v) is 2.79. The molecule has 146 valence electrons. The van der Waals surface area contributed by atoms with Crippen LogP contribution in [0.4, 0.5) is 10.3 Å². The molecule has 0 bridgehead atoms. The fourth-order valence-electron chi connectivity index (χ4n) is 2.79. The predicted molar refractivity (Wildman–Crippen MR) is 105 cm³/mol. The summed E-state index contributed by atoms with van der Waals surface area (Å²) in [5, 5.41) is 6.67. The number of aromatic nitrogens is 1. The number of anilines is 1. The van der Waals surface area contributed by atoms with Gasteiger partial charge >= 0.3 is 0 Å². The number of nitrogens with one attached hydrogen (secondary N) is 1. The van der Waals surface area contributed by atoms with Crippen LogP contribution in [0, 0.1) is 12.7 Å². The molecule has 1 aromatic heterocycles. The number of rotatable bonds is 7. The van der Waals surface area contributed by atoms with Crippen LogP contribution < -0.4 is 10.1 Å². The number of halogens is 1. The molecule has 0 atom stereocenters. The molecule has 2 aromatic carbocycles. The normalized spacial score (nSPS) is 10.9. The first-order chi connectivity index (χ1) is 13.4. The minimum absolute atomic E-state index is 0.119. The SMILES string of the molecule is COc1ccc(CN(C)CC(=O)Nc2cc(-c3ccc(C)cc3)no2)cc1F. The van der Waals surface area contributed by atoms with E-state index >= 15 is 0 Å². The van der Waals surface area contributed by atoms with Crippen molar-refractivity contribution in [2.45, 2.75) is 13.5 Å². The monoisotopic (exact) mass is 383 g/mol. The molecule has 0 radical (unpaired) electrons. The second-order valence-corrected chi connectivity index (χ2v) is 6.63. The predicted octanol–water partition coefficient (Wildman–Crippen LogP) is 3.87. The Morgan fingerprint density at radius 3 is 2.64 bits per heavy atom. The van der Waals surface area contributed by atoms with E-state index in [2.05, 4.69) is 10.5 Å². The van der Waals surface area contributed by atoms with Crippen LogP contribution in [0.1, 0.15) is 11.1 Å². The maximum absolute atomic E-state index is 13.8. The van der Waals surface area contributed by atoms with Crippen LogP contribution in [0.3, 0.4) is 0 Å². The lowest BCUT2D eigenvalue weighted by Crippen LogP contribution is -2.29. The molecule has 28 heavy (non-hydrogen) atoms. The third-order valence-electron chi connectivity index (χ3n) is 4.20. The van der Waals surface area contributed by atoms with Crippen molar-refractivity contribution in [1.82, 2.24) is 10.1 Å². The summed E-state index contributed by atoms with van der Waals surface area (Å²) >= 11 is 0. The average molecular weight is 383 g/mol. The van der Waals surface area contributed by atoms with Gasteiger partial charge in [-0.1, -0.05) is 41.1 Å². The van der Waals surface area contributed by atoms with E-state index in [0.717, 1.165) is 16.7 Å². The summed E-state index contributed by atoms with van der Waals surface area (Å²) in [6.07, 6.45) is 0. The van der Waals surface area contributed by atoms with Gasteiger partial charge < -0.3 is 9.26 Å². The summed E-state index contributed by atoms with van der Waals surface area (Å²) in [5.41, 5.74) is 3.46. The molecule has 0 aliphatic heterocycles. The summed E-state index contributed by atoms with van der Waals surface area (Å²) in [6, 6.07) is 14.3. The number of amides is 1. The fraction of sp³-hybridized carbons (Fsp3) is 0.238. The zero-order valence-electron chi connectivity index (χ0n) is 16.0. The highest BCUT2D eigenvalue weighted by Gasteiger charge is 2.13. The highest BCUT2D eigenvalue weighted by Crippen LogP contribution is 2.22. The Morgan fingerprint density at radius 2 is 1.96 bits per heavy atom. The van der Waals surface area contributed by atoms with Gasteiger partial charge in [0, 0.05) is 18.2 Å². The van der Waals surface area contributed by atoms with Gasteiger partial charge in [-0.3, -0.25) is 15.0 Å². The van der Waals surface area contributed by atoms with Crippen LogP contribution in [-0.2, 0) is 11.3 Å². The van der Waals surface area contributed by atoms with Crippen molar-refractivity contribution >= 4 is 11.8 Å². The highest BCUT2D eigenvalue weighted by molar-refractivity contribution is 5.91. The number of likely N-dealkylation sites (N-methyl/N-ethyl adjacent to an activating group) is 1. The second kappa shape index (κ2) is 8.67. The minimum atomic E-state index is -0.428. The van der Waals surface area contributed by atoms with Crippen LogP contribution in [-0.4, -0.2) is 36.7 Å². The number of ether oxygens (including phenoxy) is 1. The number of carbonyl (C=O) groups is 1. The van der Waals surface area contributed by atoms with Gasteiger partial charge in [0.05, 0.1) is 13.7 Å². The van der Waals surface area contributed by atoms with E-state index in [1.54, 1.807) is 30.1 Å². The first kappa shape index (κ1) is 19.6. The Kier molecular flexibility index (Phi) is 6.06. The molecular formula is C21H22FN3O3. The number of aryl methyl sites for hydroxylation is 1. The summed E-state index contributed by atoms with van der Waals surface area (Å²) in [6.45, 7) is 2.54. The average Bonchev–Trinajstić information content (AvgIpc) is 3.10. The molecule has 0 aliphatic rings. The van der Waals surface area contributed by atoms with Gasteiger partial charge in [-0.05, 0) is 31.7 Å². The highest BCUT2D eigenvalue weighted by atomic mass is 19.1. The third-order valence-corrected chi connectivity index (χ3v) is 4.20. The Labute approximate surface area is 162 Å². The molecule has 3 aromatic rings. The molecule has 0 saturated carbocycles. The minimum Gasteiger partial charge on any atom is -0.494 e. The van der Waals surface area contributed by atoms with E-state index in [0.29, 0.717) is 12.2 Å². The van der Waals surface area contributed by atoms with E-state index in [1.165, 1.54) is 13.2 Å². The van der Waals surface area contributed by atoms with Crippen LogP contribution in [0.5, 0.6) is 5.75 Å². The number of hydrogen-bond acceptors (Lipinski definition) is 5. The summed E-state index contributed by atoms with van der Waals surface area (Å²) in [7, 11) is 3.20. The smallest absolute Gasteiger partial charge is 0.240 e. The van der Waals surface area contributed by atoms with Gasteiger partial charge in [0.2, 0.25) is 11.8 Å². The van der Waals surface area contributed by atoms with Gasteiger partial charge in [0.15, 0.2) is 11.6 Å². The number of methoxy groups -OCH3 is 1. The van der Waals surface area contributed by atoms with Crippen LogP contribution >= 0.6 is 0 Å². The van der Waals surface area contributed by atoms with E-state index < -0.39 is 5.82 Å². The van der Waals surface area contributed by atoms with Crippen molar-refractivity contribution in [1.29, 1.82) is 0 Å². The molecule has 0 saturated heterocycles. The van der Waals surface area contributed by atoms with Crippen molar-refractivity contribution in [3.8, 4) is 17.0 Å². The number of benzene rings is 2. The molecule has 6 nitrogen and oxygen atoms in total. The van der Waals surface area contributed by atoms with Crippen molar-refractivity contribution in [2.24, 2.45) is 0 Å². The number of nitrogens with zero attached hydrogens (tertiary/aromatic N) is 2. The molecule has 0 fully saturated rings. The van der Waals surface area contributed by atoms with E-state index in [9.17, 15) is 9.18 Å². The maximum atomic E-state index is 13.8. The second-order valence-electron chi connectivity index (χ2n) is 6.63. The molecular weight excluding hydrogens is 361 g/mol. The van der Waals surface area contributed by atoms with Crippen LogP contribution in [0.25, 0.3) is 11.3 Å². The summed E-state index contributed by atoms with van der Waals surface area (Å²) < 4.78 is 23.9. The lowest BCUT2D eigenvalue weighted by molar-refractivity contribution is -0.117. The Balaban J connectivity index is 1.55. The Morgan fingerprint density at radius 1 is 1.21 bits per heavy atom. The number of carbonyl (C=O) groups excluding carboxylic acids is 1. The molecule has 0 unspecified atom stereocenters. The zero-order chi connectivity index (χ0) is 20.1. The summed E-state index contributed by atoms with van der Waals surface area (Å²) in [4.78, 5) is 14.0. The van der Waals surface area contributed by atoms with Gasteiger partial charge in [0.1, 0.15) is 5.69 Å². The first-order valence-electron chi connectivity index (χ1n) is 8.79. The van der Waals surface area contributed by atoms with Gasteiger partial charge in [0.25, 0.3) is 0 Å². The third kappa shape index (κ3) is 4.95. The van der Waals surface area contributed by atoms with Crippen molar-refractivity contribution in [2.75, 3.05) is 26.0 Å². The quantitative estimate of drug-likeness (QED) is 0.671. The topological polar surface area (TPSA) is 67.6 Å². The molecule has 0 aliphatic carbocycles. The van der Waals surface area contributed by atoms with Crippen molar-refractivity contribution in [3.05, 3.63) is 65.5 Å². The molecule has 0 spiro atoms. The maximum Gasteiger partial charge on any atom is 0.240 e. The van der Waals surface area contributed by atoms with E-state index in [-0.39, 0.29) is 24.1 Å². The lowest BCUT2D eigenvalue weighted by Gasteiger charge is -2.16. The molecule has 1 N–H and O–H groups in total. The van der Waals surface area contributed by atoms with Crippen molar-refractivity contribution < 1.29 is 18.4 Å². The standard InChI is InChI=1S/C21H22FN3O3/c1-14-4-7-16(8-5-14)18-11-21(28-24-18)23-20(26)13-25(2)12-15-6-9-19(27-3)17(22)10-15/h4-11H,12-13H2,1-3H3,(H,23,26). The van der Waals surface area contributed by atoms with E-state index in [4.69, 9.17) is 9.26 Å². The zero-order valence-corrected chi connectivity index (χ0v) is 16.0. The lowest BCUT2D eigenvalue weighted by atomic mass is 10.1. The Hall–Kier alpha value is -3.19. The molecule has 1 amide bonds. The Bertz CT molecular complexity index is 954. The summed E-state index contributed by atoms with van der Waals surface area (Å²) in [5.74, 6) is -0.199. The number of hydrogen-bond donors (Lipinski definition) is 1. The molecule has 3 rings (SSSR count). The molecule has 7 heteroatoms. The first-order valence-corrected chi connectivity index (χ1v) is 8.79. The van der Waals surface area contributed by atoms with E-state index in [1.807, 2.05) is 31.2 Å². The van der Waals surface area contributed by atoms with Gasteiger partial charge in [-0.25, -0.2) is 4.39 Å². The van der Waals surface area contributed by atoms with Gasteiger partial charge in [-0.2, -0.15) is 0 Å². The van der Waals surface area contributed by atoms with Crippen LogP contribution in [0.2, 0.25) is 0 Å². The van der Waals surface area contributed by atoms with Crippen LogP contribution in [0.15, 0.2) is 53.1 Å². The largest absolute Gasteiger partial charge is 0.494 e.